The van der Waals surface area contributed by atoms with E-state index in [1.807, 2.05) is 0 Å². The molecule has 0 spiro atoms. The molecule has 0 heterocycles. The molecule has 1 saturated carbocycles. The second kappa shape index (κ2) is 5.38. The van der Waals surface area contributed by atoms with Crippen LogP contribution in [0.1, 0.15) is 18.9 Å². The van der Waals surface area contributed by atoms with Crippen LogP contribution in [0, 0.1) is 11.8 Å². The van der Waals surface area contributed by atoms with Crippen molar-refractivity contribution in [2.45, 2.75) is 19.9 Å². The summed E-state index contributed by atoms with van der Waals surface area (Å²) in [7, 11) is 0. The Balaban J connectivity index is 0.000000980. The molecule has 2 heteroatoms. The highest BCUT2D eigenvalue weighted by atomic mass is 35.5. The predicted octanol–water partition coefficient (Wildman–Crippen LogP) is 2.85. The van der Waals surface area contributed by atoms with Gasteiger partial charge in [-0.25, -0.2) is 0 Å². The van der Waals surface area contributed by atoms with Crippen molar-refractivity contribution < 1.29 is 0 Å². The van der Waals surface area contributed by atoms with Crippen LogP contribution >= 0.6 is 12.4 Å². The smallest absolute Gasteiger partial charge is 0.0205 e. The molecule has 1 N–H and O–H groups in total. The summed E-state index contributed by atoms with van der Waals surface area (Å²) in [5, 5.41) is 3.49. The maximum absolute atomic E-state index is 3.49. The third kappa shape index (κ3) is 3.32. The molecule has 0 radical (unpaired) electrons. The van der Waals surface area contributed by atoms with E-state index in [-0.39, 0.29) is 12.4 Å². The van der Waals surface area contributed by atoms with Crippen LogP contribution in [0.3, 0.4) is 0 Å². The lowest BCUT2D eigenvalue weighted by molar-refractivity contribution is 0.612. The lowest BCUT2D eigenvalue weighted by Crippen LogP contribution is -2.16. The number of nitrogens with one attached hydrogen (secondary N) is 1. The quantitative estimate of drug-likeness (QED) is 0.808. The van der Waals surface area contributed by atoms with Crippen molar-refractivity contribution in [2.75, 3.05) is 6.54 Å². The Morgan fingerprint density at radius 3 is 2.50 bits per heavy atom. The van der Waals surface area contributed by atoms with Crippen LogP contribution in [0.4, 0.5) is 0 Å². The molecule has 0 aromatic heterocycles. The van der Waals surface area contributed by atoms with E-state index < -0.39 is 0 Å². The molecule has 0 unspecified atom stereocenters. The molecule has 0 aliphatic heterocycles. The highest BCUT2D eigenvalue weighted by Crippen LogP contribution is 2.36. The molecule has 1 aromatic carbocycles. The van der Waals surface area contributed by atoms with E-state index in [2.05, 4.69) is 42.6 Å². The molecule has 2 rings (SSSR count). The van der Waals surface area contributed by atoms with Crippen molar-refractivity contribution >= 4 is 12.4 Å². The van der Waals surface area contributed by atoms with Gasteiger partial charge < -0.3 is 5.32 Å². The summed E-state index contributed by atoms with van der Waals surface area (Å²) in [5.41, 5.74) is 1.39. The molecule has 2 atom stereocenters. The van der Waals surface area contributed by atoms with Crippen molar-refractivity contribution in [3.05, 3.63) is 35.9 Å². The van der Waals surface area contributed by atoms with Crippen LogP contribution in [0.5, 0.6) is 0 Å². The molecule has 1 aliphatic carbocycles. The van der Waals surface area contributed by atoms with E-state index in [1.54, 1.807) is 0 Å². The molecule has 1 fully saturated rings. The van der Waals surface area contributed by atoms with Gasteiger partial charge in [0, 0.05) is 6.54 Å². The van der Waals surface area contributed by atoms with Crippen LogP contribution in [0.2, 0.25) is 0 Å². The fourth-order valence-corrected chi connectivity index (χ4v) is 1.68. The Morgan fingerprint density at radius 1 is 1.29 bits per heavy atom. The van der Waals surface area contributed by atoms with Gasteiger partial charge in [0.25, 0.3) is 0 Å². The second-order valence-electron chi connectivity index (χ2n) is 4.09. The lowest BCUT2D eigenvalue weighted by Gasteiger charge is -2.03. The van der Waals surface area contributed by atoms with E-state index in [0.29, 0.717) is 0 Å². The number of hydrogen-bond acceptors (Lipinski definition) is 1. The van der Waals surface area contributed by atoms with Crippen molar-refractivity contribution in [1.82, 2.24) is 5.32 Å². The van der Waals surface area contributed by atoms with Gasteiger partial charge in [-0.15, -0.1) is 12.4 Å². The minimum atomic E-state index is 0. The average molecular weight is 212 g/mol. The summed E-state index contributed by atoms with van der Waals surface area (Å²) in [5.74, 6) is 1.91. The summed E-state index contributed by atoms with van der Waals surface area (Å²) in [6.45, 7) is 4.54. The third-order valence-electron chi connectivity index (χ3n) is 2.85. The van der Waals surface area contributed by atoms with Gasteiger partial charge in [0.1, 0.15) is 0 Å². The van der Waals surface area contributed by atoms with Crippen molar-refractivity contribution in [3.8, 4) is 0 Å². The summed E-state index contributed by atoms with van der Waals surface area (Å²) >= 11 is 0. The Labute approximate surface area is 92.3 Å². The van der Waals surface area contributed by atoms with Crippen LogP contribution in [-0.2, 0) is 6.54 Å². The van der Waals surface area contributed by atoms with Gasteiger partial charge in [-0.2, -0.15) is 0 Å². The van der Waals surface area contributed by atoms with E-state index >= 15 is 0 Å². The SMILES string of the molecule is C[C@@H]1C[C@H]1CNCc1ccccc1.Cl. The minimum Gasteiger partial charge on any atom is -0.312 e. The summed E-state index contributed by atoms with van der Waals surface area (Å²) in [6.07, 6.45) is 1.42. The molecule has 1 aromatic rings. The average Bonchev–Trinajstić information content (AvgIpc) is 2.84. The van der Waals surface area contributed by atoms with Crippen molar-refractivity contribution in [2.24, 2.45) is 11.8 Å². The molecule has 14 heavy (non-hydrogen) atoms. The minimum absolute atomic E-state index is 0. The molecular weight excluding hydrogens is 194 g/mol. The summed E-state index contributed by atoms with van der Waals surface area (Å²) in [6, 6.07) is 10.6. The van der Waals surface area contributed by atoms with Gasteiger partial charge in [0.15, 0.2) is 0 Å². The zero-order chi connectivity index (χ0) is 9.10. The maximum atomic E-state index is 3.49. The Kier molecular flexibility index (Phi) is 4.43. The molecule has 0 amide bonds. The van der Waals surface area contributed by atoms with Gasteiger partial charge in [-0.3, -0.25) is 0 Å². The fraction of sp³-hybridized carbons (Fsp3) is 0.500. The van der Waals surface area contributed by atoms with Crippen LogP contribution in [0.15, 0.2) is 30.3 Å². The van der Waals surface area contributed by atoms with Gasteiger partial charge in [0.05, 0.1) is 0 Å². The van der Waals surface area contributed by atoms with E-state index in [1.165, 1.54) is 18.5 Å². The highest BCUT2D eigenvalue weighted by Gasteiger charge is 2.31. The predicted molar refractivity (Wildman–Crippen MR) is 62.7 cm³/mol. The first-order chi connectivity index (χ1) is 6.36. The third-order valence-corrected chi connectivity index (χ3v) is 2.85. The first-order valence-corrected chi connectivity index (χ1v) is 5.11. The maximum Gasteiger partial charge on any atom is 0.0205 e. The van der Waals surface area contributed by atoms with E-state index in [0.717, 1.165) is 18.4 Å². The highest BCUT2D eigenvalue weighted by molar-refractivity contribution is 5.85. The molecular formula is C12H18ClN. The van der Waals surface area contributed by atoms with Gasteiger partial charge in [0.2, 0.25) is 0 Å². The number of hydrogen-bond donors (Lipinski definition) is 1. The van der Waals surface area contributed by atoms with E-state index in [9.17, 15) is 0 Å². The molecule has 78 valence electrons. The number of rotatable bonds is 4. The Morgan fingerprint density at radius 2 is 1.93 bits per heavy atom. The standard InChI is InChI=1S/C12H17N.ClH/c1-10-7-12(10)9-13-8-11-5-3-2-4-6-11;/h2-6,10,12-13H,7-9H2,1H3;1H/t10-,12+;/m1./s1. The zero-order valence-electron chi connectivity index (χ0n) is 8.57. The van der Waals surface area contributed by atoms with Crippen LogP contribution in [-0.4, -0.2) is 6.54 Å². The van der Waals surface area contributed by atoms with Gasteiger partial charge in [-0.05, 0) is 30.4 Å². The Bertz CT molecular complexity index is 260. The first-order valence-electron chi connectivity index (χ1n) is 5.11. The molecule has 1 aliphatic rings. The molecule has 0 bridgehead atoms. The van der Waals surface area contributed by atoms with Crippen molar-refractivity contribution in [3.63, 3.8) is 0 Å². The number of halogens is 1. The molecule has 0 saturated heterocycles. The van der Waals surface area contributed by atoms with Crippen LogP contribution < -0.4 is 5.32 Å². The topological polar surface area (TPSA) is 12.0 Å². The molecule has 1 nitrogen and oxygen atoms in total. The lowest BCUT2D eigenvalue weighted by atomic mass is 10.2. The monoisotopic (exact) mass is 211 g/mol. The normalized spacial score (nSPS) is 24.1. The fourth-order valence-electron chi connectivity index (χ4n) is 1.68. The van der Waals surface area contributed by atoms with Crippen LogP contribution in [0.25, 0.3) is 0 Å². The zero-order valence-corrected chi connectivity index (χ0v) is 9.39. The number of benzene rings is 1. The van der Waals surface area contributed by atoms with Crippen molar-refractivity contribution in [1.29, 1.82) is 0 Å². The van der Waals surface area contributed by atoms with E-state index in [4.69, 9.17) is 0 Å². The van der Waals surface area contributed by atoms with Gasteiger partial charge in [-0.1, -0.05) is 37.3 Å². The largest absolute Gasteiger partial charge is 0.312 e. The first kappa shape index (κ1) is 11.5. The summed E-state index contributed by atoms with van der Waals surface area (Å²) in [4.78, 5) is 0. The summed E-state index contributed by atoms with van der Waals surface area (Å²) < 4.78 is 0. The second-order valence-corrected chi connectivity index (χ2v) is 4.09. The van der Waals surface area contributed by atoms with Gasteiger partial charge >= 0.3 is 0 Å². The Hall–Kier alpha value is -0.530.